The van der Waals surface area contributed by atoms with Gasteiger partial charge in [-0.2, -0.15) is 0 Å². The molecule has 34 heavy (non-hydrogen) atoms. The molecule has 0 saturated carbocycles. The van der Waals surface area contributed by atoms with E-state index in [9.17, 15) is 9.90 Å². The predicted octanol–water partition coefficient (Wildman–Crippen LogP) is 6.01. The molecule has 0 amide bonds. The molecule has 0 radical (unpaired) electrons. The van der Waals surface area contributed by atoms with Crippen LogP contribution in [0.15, 0.2) is 76.9 Å². The highest BCUT2D eigenvalue weighted by Crippen LogP contribution is 2.46. The van der Waals surface area contributed by atoms with Gasteiger partial charge in [-0.1, -0.05) is 30.3 Å². The molecule has 3 unspecified atom stereocenters. The van der Waals surface area contributed by atoms with Gasteiger partial charge in [0.15, 0.2) is 11.5 Å². The molecule has 3 N–H and O–H groups in total. The van der Waals surface area contributed by atoms with Crippen LogP contribution in [0.2, 0.25) is 0 Å². The number of hydrogen-bond acceptors (Lipinski definition) is 6. The van der Waals surface area contributed by atoms with E-state index in [0.29, 0.717) is 16.6 Å². The number of Topliss-reactive ketones (excluding diaryl/α,β-unsaturated/α-hetero) is 1. The van der Waals surface area contributed by atoms with Crippen molar-refractivity contribution in [2.24, 2.45) is 5.92 Å². The van der Waals surface area contributed by atoms with Crippen molar-refractivity contribution in [2.45, 2.75) is 18.4 Å². The Morgan fingerprint density at radius 1 is 0.971 bits per heavy atom. The number of halogens is 1. The number of fused-ring (bicyclic) bond motifs is 2. The summed E-state index contributed by atoms with van der Waals surface area (Å²) < 4.78 is 11.2. The first-order valence-electron chi connectivity index (χ1n) is 11.1. The van der Waals surface area contributed by atoms with Gasteiger partial charge < -0.3 is 25.2 Å². The largest absolute Gasteiger partial charge is 0.503 e. The third-order valence-corrected chi connectivity index (χ3v) is 7.11. The zero-order valence-electron chi connectivity index (χ0n) is 18.8. The molecule has 0 aromatic heterocycles. The number of methoxy groups -OCH3 is 2. The normalized spacial score (nSPS) is 21.2. The van der Waals surface area contributed by atoms with Gasteiger partial charge in [0.2, 0.25) is 0 Å². The van der Waals surface area contributed by atoms with Crippen molar-refractivity contribution < 1.29 is 19.4 Å². The van der Waals surface area contributed by atoms with Crippen molar-refractivity contribution in [2.75, 3.05) is 24.9 Å². The molecular formula is C27H25BrN2O4. The first-order valence-corrected chi connectivity index (χ1v) is 11.8. The van der Waals surface area contributed by atoms with Gasteiger partial charge in [0.05, 0.1) is 42.0 Å². The van der Waals surface area contributed by atoms with Gasteiger partial charge in [-0.25, -0.2) is 0 Å². The molecule has 3 aromatic rings. The molecule has 5 rings (SSSR count). The summed E-state index contributed by atoms with van der Waals surface area (Å²) in [6.07, 6.45) is 2.56. The van der Waals surface area contributed by atoms with Crippen LogP contribution < -0.4 is 20.1 Å². The number of nitrogens with one attached hydrogen (secondary N) is 2. The fraction of sp³-hybridized carbons (Fsp3) is 0.222. The average molecular weight is 521 g/mol. The molecule has 0 fully saturated rings. The standard InChI is InChI=1S/C27H25BrN2O4/c1-33-18-9-7-15(8-10-18)16-12-22-25(23(31)13-16)26(30-21-6-4-3-5-20(21)29-22)17-11-19(28)27(32)24(14-17)34-2/h3-12,14,16,25-26,29-30,32H,13H2,1-2H3. The summed E-state index contributed by atoms with van der Waals surface area (Å²) in [5.41, 5.74) is 4.59. The van der Waals surface area contributed by atoms with Gasteiger partial charge >= 0.3 is 0 Å². The summed E-state index contributed by atoms with van der Waals surface area (Å²) in [5, 5.41) is 17.4. The van der Waals surface area contributed by atoms with Gasteiger partial charge in [0.25, 0.3) is 0 Å². The minimum Gasteiger partial charge on any atom is -0.503 e. The average Bonchev–Trinajstić information content (AvgIpc) is 3.02. The minimum absolute atomic E-state index is 0.0312. The van der Waals surface area contributed by atoms with Gasteiger partial charge in [0, 0.05) is 18.0 Å². The second-order valence-corrected chi connectivity index (χ2v) is 9.35. The van der Waals surface area contributed by atoms with E-state index in [1.54, 1.807) is 13.2 Å². The third-order valence-electron chi connectivity index (χ3n) is 6.51. The van der Waals surface area contributed by atoms with Gasteiger partial charge in [-0.05, 0) is 63.5 Å². The van der Waals surface area contributed by atoms with Crippen molar-refractivity contribution in [1.82, 2.24) is 0 Å². The third kappa shape index (κ3) is 4.01. The van der Waals surface area contributed by atoms with Crippen LogP contribution in [0.5, 0.6) is 17.2 Å². The van der Waals surface area contributed by atoms with Crippen LogP contribution >= 0.6 is 15.9 Å². The molecule has 1 aliphatic carbocycles. The smallest absolute Gasteiger partial charge is 0.172 e. The lowest BCUT2D eigenvalue weighted by atomic mass is 9.76. The zero-order chi connectivity index (χ0) is 23.8. The molecule has 0 bridgehead atoms. The SMILES string of the molecule is COc1ccc(C2C=C3Nc4ccccc4NC(c4cc(Br)c(O)c(OC)c4)C3C(=O)C2)cc1. The van der Waals surface area contributed by atoms with Gasteiger partial charge in [-0.15, -0.1) is 0 Å². The fourth-order valence-corrected chi connectivity index (χ4v) is 5.24. The van der Waals surface area contributed by atoms with Crippen LogP contribution in [0.4, 0.5) is 11.4 Å². The Kier molecular flexibility index (Phi) is 5.96. The Morgan fingerprint density at radius 3 is 2.41 bits per heavy atom. The maximum Gasteiger partial charge on any atom is 0.172 e. The fourth-order valence-electron chi connectivity index (χ4n) is 4.78. The zero-order valence-corrected chi connectivity index (χ0v) is 20.4. The topological polar surface area (TPSA) is 79.8 Å². The summed E-state index contributed by atoms with van der Waals surface area (Å²) in [5.74, 6) is 0.839. The van der Waals surface area contributed by atoms with Crippen LogP contribution in [-0.4, -0.2) is 25.1 Å². The Labute approximate surface area is 206 Å². The number of benzene rings is 3. The number of carbonyl (C=O) groups is 1. The summed E-state index contributed by atoms with van der Waals surface area (Å²) >= 11 is 3.43. The van der Waals surface area contributed by atoms with E-state index in [1.807, 2.05) is 54.6 Å². The van der Waals surface area contributed by atoms with Crippen molar-refractivity contribution in [3.05, 3.63) is 88.0 Å². The number of anilines is 2. The number of phenolic OH excluding ortho intramolecular Hbond substituents is 1. The lowest BCUT2D eigenvalue weighted by Gasteiger charge is -2.32. The van der Waals surface area contributed by atoms with Crippen molar-refractivity contribution in [3.63, 3.8) is 0 Å². The van der Waals surface area contributed by atoms with E-state index in [-0.39, 0.29) is 23.5 Å². The lowest BCUT2D eigenvalue weighted by Crippen LogP contribution is -2.33. The number of ether oxygens (including phenoxy) is 2. The molecule has 0 spiro atoms. The number of aromatic hydroxyl groups is 1. The van der Waals surface area contributed by atoms with E-state index in [1.165, 1.54) is 7.11 Å². The van der Waals surface area contributed by atoms with Gasteiger partial charge in [-0.3, -0.25) is 4.79 Å². The maximum atomic E-state index is 13.7. The highest BCUT2D eigenvalue weighted by atomic mass is 79.9. The quantitative estimate of drug-likeness (QED) is 0.391. The first kappa shape index (κ1) is 22.3. The van der Waals surface area contributed by atoms with Crippen LogP contribution in [0.1, 0.15) is 29.5 Å². The van der Waals surface area contributed by atoms with Crippen molar-refractivity contribution in [1.29, 1.82) is 0 Å². The highest BCUT2D eigenvalue weighted by molar-refractivity contribution is 9.10. The molecule has 0 saturated heterocycles. The highest BCUT2D eigenvalue weighted by Gasteiger charge is 2.40. The molecule has 6 nitrogen and oxygen atoms in total. The van der Waals surface area contributed by atoms with Crippen LogP contribution in [0, 0.1) is 5.92 Å². The van der Waals surface area contributed by atoms with E-state index in [0.717, 1.165) is 33.9 Å². The van der Waals surface area contributed by atoms with Crippen molar-refractivity contribution in [3.8, 4) is 17.2 Å². The van der Waals surface area contributed by atoms with E-state index >= 15 is 0 Å². The number of carbonyl (C=O) groups excluding carboxylic acids is 1. The van der Waals surface area contributed by atoms with Crippen LogP contribution in [-0.2, 0) is 4.79 Å². The number of hydrogen-bond donors (Lipinski definition) is 3. The Bertz CT molecular complexity index is 1270. The molecule has 174 valence electrons. The van der Waals surface area contributed by atoms with Crippen molar-refractivity contribution >= 4 is 33.1 Å². The number of allylic oxidation sites excluding steroid dienone is 1. The second-order valence-electron chi connectivity index (χ2n) is 8.50. The number of ketones is 1. The molecule has 1 aliphatic heterocycles. The summed E-state index contributed by atoms with van der Waals surface area (Å²) in [6.45, 7) is 0. The minimum atomic E-state index is -0.428. The van der Waals surface area contributed by atoms with Gasteiger partial charge in [0.1, 0.15) is 11.5 Å². The second kappa shape index (κ2) is 9.06. The molecule has 1 heterocycles. The Balaban J connectivity index is 1.62. The maximum absolute atomic E-state index is 13.7. The summed E-state index contributed by atoms with van der Waals surface area (Å²) in [4.78, 5) is 13.7. The molecule has 3 atom stereocenters. The van der Waals surface area contributed by atoms with E-state index < -0.39 is 5.92 Å². The molecule has 3 aromatic carbocycles. The molecule has 7 heteroatoms. The van der Waals surface area contributed by atoms with Crippen LogP contribution in [0.3, 0.4) is 0 Å². The Morgan fingerprint density at radius 2 is 1.71 bits per heavy atom. The first-order chi connectivity index (χ1) is 16.5. The number of para-hydroxylation sites is 2. The number of rotatable bonds is 4. The Hall–Kier alpha value is -3.45. The lowest BCUT2D eigenvalue weighted by molar-refractivity contribution is -0.122. The predicted molar refractivity (Wildman–Crippen MR) is 136 cm³/mol. The number of phenols is 1. The van der Waals surface area contributed by atoms with Crippen LogP contribution in [0.25, 0.3) is 0 Å². The van der Waals surface area contributed by atoms with E-state index in [2.05, 4.69) is 32.6 Å². The summed E-state index contributed by atoms with van der Waals surface area (Å²) in [7, 11) is 3.15. The molecular weight excluding hydrogens is 496 g/mol. The monoisotopic (exact) mass is 520 g/mol. The van der Waals surface area contributed by atoms with E-state index in [4.69, 9.17) is 9.47 Å². The summed E-state index contributed by atoms with van der Waals surface area (Å²) in [6, 6.07) is 19.1. The molecule has 2 aliphatic rings.